The van der Waals surface area contributed by atoms with Crippen molar-refractivity contribution in [2.45, 2.75) is 84.7 Å². The van der Waals surface area contributed by atoms with Gasteiger partial charge in [0.15, 0.2) is 0 Å². The Hall–Kier alpha value is -0.860. The number of ether oxygens (including phenoxy) is 1. The molecule has 0 bridgehead atoms. The summed E-state index contributed by atoms with van der Waals surface area (Å²) in [6.45, 7) is 6.35. The first kappa shape index (κ1) is 16.6. The fourth-order valence-corrected chi connectivity index (χ4v) is 7.34. The molecule has 4 rings (SSSR count). The van der Waals surface area contributed by atoms with Crippen LogP contribution in [0.3, 0.4) is 0 Å². The smallest absolute Gasteiger partial charge is 0.302 e. The monoisotopic (exact) mass is 332 g/mol. The standard InChI is InChI=1S/C21H32O3/c1-13(22)24-14-6-10-21(3)17-7-9-20(2)8-4-5-16(20)15(17)12-19(23)18(21)11-14/h14-18H,4-12H2,1-3H3/t14?,15-,16-,17-,18+,20-,21+/m0/s1. The Morgan fingerprint density at radius 2 is 1.88 bits per heavy atom. The summed E-state index contributed by atoms with van der Waals surface area (Å²) in [6.07, 6.45) is 10.2. The van der Waals surface area contributed by atoms with Gasteiger partial charge in [0.05, 0.1) is 0 Å². The van der Waals surface area contributed by atoms with Crippen LogP contribution in [-0.4, -0.2) is 17.9 Å². The average Bonchev–Trinajstić information content (AvgIpc) is 2.90. The molecule has 0 aliphatic heterocycles. The number of Topliss-reactive ketones (excluding diaryl/α,β-unsaturated/α-hetero) is 1. The largest absolute Gasteiger partial charge is 0.463 e. The highest BCUT2D eigenvalue weighted by molar-refractivity contribution is 5.83. The molecule has 0 saturated heterocycles. The number of rotatable bonds is 1. The van der Waals surface area contributed by atoms with E-state index in [1.165, 1.54) is 39.0 Å². The van der Waals surface area contributed by atoms with E-state index in [1.54, 1.807) is 0 Å². The zero-order valence-corrected chi connectivity index (χ0v) is 15.5. The van der Waals surface area contributed by atoms with Gasteiger partial charge in [-0.25, -0.2) is 0 Å². The molecule has 4 fully saturated rings. The summed E-state index contributed by atoms with van der Waals surface area (Å²) in [6, 6.07) is 0. The van der Waals surface area contributed by atoms with Gasteiger partial charge < -0.3 is 4.74 Å². The third-order valence-electron chi connectivity index (χ3n) is 8.52. The molecule has 0 aromatic heterocycles. The van der Waals surface area contributed by atoms with Crippen molar-refractivity contribution in [3.05, 3.63) is 0 Å². The number of carbonyl (C=O) groups excluding carboxylic acids is 2. The van der Waals surface area contributed by atoms with Gasteiger partial charge in [0.1, 0.15) is 11.9 Å². The molecule has 4 aliphatic rings. The molecule has 4 aliphatic carbocycles. The Morgan fingerprint density at radius 3 is 2.62 bits per heavy atom. The molecule has 3 heteroatoms. The maximum atomic E-state index is 13.1. The van der Waals surface area contributed by atoms with Gasteiger partial charge in [0.2, 0.25) is 0 Å². The van der Waals surface area contributed by atoms with Crippen LogP contribution in [0.4, 0.5) is 0 Å². The molecule has 1 unspecified atom stereocenters. The molecular weight excluding hydrogens is 300 g/mol. The highest BCUT2D eigenvalue weighted by atomic mass is 16.5. The summed E-state index contributed by atoms with van der Waals surface area (Å²) in [4.78, 5) is 24.4. The first-order valence-corrected chi connectivity index (χ1v) is 10.0. The zero-order valence-electron chi connectivity index (χ0n) is 15.5. The molecule has 0 radical (unpaired) electrons. The molecule has 0 heterocycles. The Morgan fingerprint density at radius 1 is 1.08 bits per heavy atom. The summed E-state index contributed by atoms with van der Waals surface area (Å²) in [7, 11) is 0. The van der Waals surface area contributed by atoms with Crippen molar-refractivity contribution < 1.29 is 14.3 Å². The van der Waals surface area contributed by atoms with Crippen LogP contribution < -0.4 is 0 Å². The molecule has 4 saturated carbocycles. The van der Waals surface area contributed by atoms with Gasteiger partial charge in [-0.3, -0.25) is 9.59 Å². The number of hydrogen-bond donors (Lipinski definition) is 0. The summed E-state index contributed by atoms with van der Waals surface area (Å²) in [5.74, 6) is 2.46. The fourth-order valence-electron chi connectivity index (χ4n) is 7.34. The highest BCUT2D eigenvalue weighted by Gasteiger charge is 2.60. The van der Waals surface area contributed by atoms with Gasteiger partial charge in [-0.15, -0.1) is 0 Å². The summed E-state index contributed by atoms with van der Waals surface area (Å²) < 4.78 is 5.46. The van der Waals surface area contributed by atoms with E-state index < -0.39 is 0 Å². The first-order valence-electron chi connectivity index (χ1n) is 10.0. The molecule has 0 aromatic carbocycles. The number of ketones is 1. The molecule has 7 atom stereocenters. The minimum atomic E-state index is -0.205. The predicted octanol–water partition coefficient (Wildman–Crippen LogP) is 4.53. The van der Waals surface area contributed by atoms with Crippen molar-refractivity contribution in [2.75, 3.05) is 0 Å². The van der Waals surface area contributed by atoms with Crippen LogP contribution in [0.15, 0.2) is 0 Å². The lowest BCUT2D eigenvalue weighted by Crippen LogP contribution is -2.56. The minimum absolute atomic E-state index is 0.0404. The van der Waals surface area contributed by atoms with Crippen molar-refractivity contribution in [1.29, 1.82) is 0 Å². The van der Waals surface area contributed by atoms with Crippen molar-refractivity contribution >= 4 is 11.8 Å². The van der Waals surface area contributed by atoms with E-state index in [9.17, 15) is 9.59 Å². The van der Waals surface area contributed by atoms with Gasteiger partial charge in [0.25, 0.3) is 0 Å². The van der Waals surface area contributed by atoms with Crippen LogP contribution >= 0.6 is 0 Å². The van der Waals surface area contributed by atoms with Gasteiger partial charge in [-0.05, 0) is 73.5 Å². The van der Waals surface area contributed by atoms with Crippen LogP contribution in [0, 0.1) is 34.5 Å². The molecular formula is C21H32O3. The highest BCUT2D eigenvalue weighted by Crippen LogP contribution is 2.65. The summed E-state index contributed by atoms with van der Waals surface area (Å²) in [5.41, 5.74) is 0.639. The number of fused-ring (bicyclic) bond motifs is 5. The normalized spacial score (nSPS) is 50.6. The van der Waals surface area contributed by atoms with E-state index in [0.717, 1.165) is 31.6 Å². The lowest BCUT2D eigenvalue weighted by Gasteiger charge is -2.59. The minimum Gasteiger partial charge on any atom is -0.463 e. The fraction of sp³-hybridized carbons (Fsp3) is 0.905. The second-order valence-electron chi connectivity index (χ2n) is 9.70. The molecule has 24 heavy (non-hydrogen) atoms. The lowest BCUT2D eigenvalue weighted by molar-refractivity contribution is -0.167. The molecule has 0 amide bonds. The van der Waals surface area contributed by atoms with E-state index >= 15 is 0 Å². The first-order chi connectivity index (χ1) is 11.3. The van der Waals surface area contributed by atoms with Crippen molar-refractivity contribution in [1.82, 2.24) is 0 Å². The van der Waals surface area contributed by atoms with Crippen LogP contribution in [-0.2, 0) is 14.3 Å². The molecule has 0 spiro atoms. The van der Waals surface area contributed by atoms with Crippen LogP contribution in [0.25, 0.3) is 0 Å². The molecule has 3 nitrogen and oxygen atoms in total. The quantitative estimate of drug-likeness (QED) is 0.663. The number of carbonyl (C=O) groups is 2. The van der Waals surface area contributed by atoms with E-state index in [-0.39, 0.29) is 23.4 Å². The Balaban J connectivity index is 1.59. The van der Waals surface area contributed by atoms with Crippen LogP contribution in [0.2, 0.25) is 0 Å². The van der Waals surface area contributed by atoms with E-state index in [2.05, 4.69) is 13.8 Å². The van der Waals surface area contributed by atoms with Gasteiger partial charge in [-0.2, -0.15) is 0 Å². The lowest BCUT2D eigenvalue weighted by atomic mass is 9.45. The SMILES string of the molecule is CC(=O)OC1CC[C@@]2(C)[C@H](C1)C(=O)C[C@H]1[C@@H]3CCC[C@@]3(C)CC[C@@H]12. The molecule has 0 N–H and O–H groups in total. The van der Waals surface area contributed by atoms with Crippen LogP contribution in [0.1, 0.15) is 78.6 Å². The maximum Gasteiger partial charge on any atom is 0.302 e. The van der Waals surface area contributed by atoms with Crippen molar-refractivity contribution in [3.63, 3.8) is 0 Å². The maximum absolute atomic E-state index is 13.1. The van der Waals surface area contributed by atoms with Crippen molar-refractivity contribution in [3.8, 4) is 0 Å². The topological polar surface area (TPSA) is 43.4 Å². The Labute approximate surface area is 145 Å². The van der Waals surface area contributed by atoms with Crippen LogP contribution in [0.5, 0.6) is 0 Å². The van der Waals surface area contributed by atoms with E-state index in [4.69, 9.17) is 4.74 Å². The van der Waals surface area contributed by atoms with Gasteiger partial charge in [-0.1, -0.05) is 20.3 Å². The number of hydrogen-bond acceptors (Lipinski definition) is 3. The summed E-state index contributed by atoms with van der Waals surface area (Å²) in [5, 5.41) is 0. The summed E-state index contributed by atoms with van der Waals surface area (Å²) >= 11 is 0. The molecule has 134 valence electrons. The second-order valence-corrected chi connectivity index (χ2v) is 9.70. The van der Waals surface area contributed by atoms with Gasteiger partial charge >= 0.3 is 5.97 Å². The van der Waals surface area contributed by atoms with E-state index in [0.29, 0.717) is 23.0 Å². The third-order valence-corrected chi connectivity index (χ3v) is 8.52. The number of esters is 1. The Bertz CT molecular complexity index is 555. The van der Waals surface area contributed by atoms with Crippen molar-refractivity contribution in [2.24, 2.45) is 34.5 Å². The molecule has 0 aromatic rings. The zero-order chi connectivity index (χ0) is 17.1. The third kappa shape index (κ3) is 2.37. The average molecular weight is 332 g/mol. The van der Waals surface area contributed by atoms with Gasteiger partial charge in [0, 0.05) is 19.3 Å². The second kappa shape index (κ2) is 5.57. The van der Waals surface area contributed by atoms with E-state index in [1.807, 2.05) is 0 Å². The Kier molecular flexibility index (Phi) is 3.85. The predicted molar refractivity (Wildman–Crippen MR) is 92.3 cm³/mol.